The van der Waals surface area contributed by atoms with Gasteiger partial charge in [0.1, 0.15) is 11.9 Å². The van der Waals surface area contributed by atoms with Crippen LogP contribution in [0.4, 0.5) is 26.3 Å². The molecule has 0 fully saturated rings. The van der Waals surface area contributed by atoms with Gasteiger partial charge in [-0.05, 0) is 24.6 Å². The summed E-state index contributed by atoms with van der Waals surface area (Å²) in [6.45, 7) is 0.856. The van der Waals surface area contributed by atoms with Crippen molar-refractivity contribution in [2.75, 3.05) is 6.61 Å². The van der Waals surface area contributed by atoms with E-state index in [1.165, 1.54) is 6.92 Å². The van der Waals surface area contributed by atoms with Crippen LogP contribution in [0.25, 0.3) is 0 Å². The zero-order valence-corrected chi connectivity index (χ0v) is 11.9. The van der Waals surface area contributed by atoms with Gasteiger partial charge in [0.25, 0.3) is 0 Å². The zero-order valence-electron chi connectivity index (χ0n) is 11.1. The summed E-state index contributed by atoms with van der Waals surface area (Å²) in [5, 5.41) is 0. The van der Waals surface area contributed by atoms with E-state index in [4.69, 9.17) is 5.73 Å². The molecule has 1 aromatic rings. The van der Waals surface area contributed by atoms with Crippen LogP contribution in [0, 0.1) is 5.82 Å². The van der Waals surface area contributed by atoms with Crippen molar-refractivity contribution in [2.45, 2.75) is 25.1 Å². The minimum Gasteiger partial charge on any atom is -0.462 e. The zero-order chi connectivity index (χ0) is 16.4. The van der Waals surface area contributed by atoms with E-state index in [2.05, 4.69) is 4.74 Å². The average molecular weight is 352 g/mol. The molecule has 0 saturated heterocycles. The van der Waals surface area contributed by atoms with Gasteiger partial charge >= 0.3 is 18.1 Å². The molecule has 0 aliphatic rings. The summed E-state index contributed by atoms with van der Waals surface area (Å²) in [6, 6.07) is -1.56. The predicted octanol–water partition coefficient (Wildman–Crippen LogP) is 3.46. The van der Waals surface area contributed by atoms with Crippen LogP contribution >= 0.6 is 12.4 Å². The smallest absolute Gasteiger partial charge is 0.416 e. The summed E-state index contributed by atoms with van der Waals surface area (Å²) < 4.78 is 82.6. The van der Waals surface area contributed by atoms with Crippen molar-refractivity contribution in [3.63, 3.8) is 0 Å². The minimum atomic E-state index is -5.10. The number of halogens is 7. The maximum Gasteiger partial charge on any atom is 0.416 e. The maximum absolute atomic E-state index is 13.7. The van der Waals surface area contributed by atoms with Crippen LogP contribution in [0.2, 0.25) is 0 Å². The second kappa shape index (κ2) is 7.19. The number of benzene rings is 1. The highest BCUT2D eigenvalue weighted by Crippen LogP contribution is 2.39. The third kappa shape index (κ3) is 4.26. The lowest BCUT2D eigenvalue weighted by atomic mass is 9.95. The molecule has 0 aromatic heterocycles. The molecule has 0 heterocycles. The number of alkyl halides is 5. The van der Waals surface area contributed by atoms with Crippen molar-refractivity contribution in [3.8, 4) is 0 Å². The Kier molecular flexibility index (Phi) is 6.70. The molecule has 0 radical (unpaired) electrons. The van der Waals surface area contributed by atoms with E-state index in [0.29, 0.717) is 12.1 Å². The van der Waals surface area contributed by atoms with Crippen LogP contribution in [0.1, 0.15) is 24.1 Å². The van der Waals surface area contributed by atoms with Crippen molar-refractivity contribution < 1.29 is 35.9 Å². The van der Waals surface area contributed by atoms with E-state index in [1.807, 2.05) is 0 Å². The highest BCUT2D eigenvalue weighted by molar-refractivity contribution is 5.85. The van der Waals surface area contributed by atoms with Gasteiger partial charge in [0.15, 0.2) is 0 Å². The number of rotatable bonds is 4. The van der Waals surface area contributed by atoms with Crippen molar-refractivity contribution in [2.24, 2.45) is 5.73 Å². The molecule has 1 aromatic carbocycles. The molecule has 1 rings (SSSR count). The van der Waals surface area contributed by atoms with Gasteiger partial charge in [-0.25, -0.2) is 9.18 Å². The Balaban J connectivity index is 0.00000441. The minimum absolute atomic E-state index is 0. The molecule has 126 valence electrons. The lowest BCUT2D eigenvalue weighted by molar-refractivity contribution is -0.175. The first-order valence-electron chi connectivity index (χ1n) is 5.69. The lowest BCUT2D eigenvalue weighted by Crippen LogP contribution is -2.42. The first-order valence-corrected chi connectivity index (χ1v) is 5.69. The number of hydrogen-bond donors (Lipinski definition) is 1. The molecular formula is C12H12ClF6NO2. The first kappa shape index (κ1) is 20.5. The van der Waals surface area contributed by atoms with Crippen LogP contribution in [0.3, 0.4) is 0 Å². The van der Waals surface area contributed by atoms with Crippen LogP contribution in [-0.2, 0) is 15.7 Å². The van der Waals surface area contributed by atoms with Crippen LogP contribution in [0.15, 0.2) is 18.2 Å². The summed E-state index contributed by atoms with van der Waals surface area (Å²) in [6.07, 6.45) is -5.10. The molecular weight excluding hydrogens is 340 g/mol. The quantitative estimate of drug-likeness (QED) is 0.667. The van der Waals surface area contributed by atoms with E-state index in [9.17, 15) is 31.1 Å². The molecule has 3 nitrogen and oxygen atoms in total. The molecule has 0 bridgehead atoms. The SMILES string of the molecule is CCOC(=O)C(F)(F)[C@H](N)c1ccc(F)cc1C(F)(F)F.Cl. The second-order valence-corrected chi connectivity index (χ2v) is 4.05. The molecule has 0 aliphatic carbocycles. The van der Waals surface area contributed by atoms with Gasteiger partial charge in [-0.1, -0.05) is 6.07 Å². The van der Waals surface area contributed by atoms with E-state index in [-0.39, 0.29) is 18.5 Å². The standard InChI is InChI=1S/C12H11F6NO2.ClH/c1-2-21-10(20)11(14,15)9(19)7-4-3-6(13)5-8(7)12(16,17)18;/h3-5,9H,2,19H2,1H3;1H/t9-;/m1./s1. The van der Waals surface area contributed by atoms with Crippen LogP contribution < -0.4 is 5.73 Å². The van der Waals surface area contributed by atoms with Crippen molar-refractivity contribution in [3.05, 3.63) is 35.1 Å². The summed E-state index contributed by atoms with van der Waals surface area (Å²) in [5.74, 6) is -7.69. The third-order valence-electron chi connectivity index (χ3n) is 2.59. The maximum atomic E-state index is 13.7. The van der Waals surface area contributed by atoms with Crippen molar-refractivity contribution in [1.82, 2.24) is 0 Å². The molecule has 1 atom stereocenters. The summed E-state index contributed by atoms with van der Waals surface area (Å²) in [7, 11) is 0. The van der Waals surface area contributed by atoms with E-state index < -0.39 is 47.7 Å². The number of ether oxygens (including phenoxy) is 1. The fourth-order valence-corrected chi connectivity index (χ4v) is 1.59. The van der Waals surface area contributed by atoms with Gasteiger partial charge in [0.05, 0.1) is 12.2 Å². The topological polar surface area (TPSA) is 52.3 Å². The second-order valence-electron chi connectivity index (χ2n) is 4.05. The van der Waals surface area contributed by atoms with Crippen molar-refractivity contribution >= 4 is 18.4 Å². The molecule has 0 spiro atoms. The Hall–Kier alpha value is -1.48. The van der Waals surface area contributed by atoms with E-state index in [0.717, 1.165) is 0 Å². The van der Waals surface area contributed by atoms with Gasteiger partial charge in [-0.3, -0.25) is 0 Å². The largest absolute Gasteiger partial charge is 0.462 e. The van der Waals surface area contributed by atoms with Crippen LogP contribution in [0.5, 0.6) is 0 Å². The summed E-state index contributed by atoms with van der Waals surface area (Å²) >= 11 is 0. The Morgan fingerprint density at radius 3 is 2.27 bits per heavy atom. The molecule has 22 heavy (non-hydrogen) atoms. The fraction of sp³-hybridized carbons (Fsp3) is 0.417. The number of hydrogen-bond acceptors (Lipinski definition) is 3. The monoisotopic (exact) mass is 351 g/mol. The molecule has 0 amide bonds. The third-order valence-corrected chi connectivity index (χ3v) is 2.59. The van der Waals surface area contributed by atoms with Gasteiger partial charge < -0.3 is 10.5 Å². The average Bonchev–Trinajstić information content (AvgIpc) is 2.37. The molecule has 10 heteroatoms. The molecule has 2 N–H and O–H groups in total. The number of carbonyl (C=O) groups is 1. The van der Waals surface area contributed by atoms with E-state index in [1.54, 1.807) is 0 Å². The van der Waals surface area contributed by atoms with Gasteiger partial charge in [0, 0.05) is 0 Å². The lowest BCUT2D eigenvalue weighted by Gasteiger charge is -2.24. The first-order chi connectivity index (χ1) is 9.51. The van der Waals surface area contributed by atoms with Gasteiger partial charge in [-0.15, -0.1) is 12.4 Å². The summed E-state index contributed by atoms with van der Waals surface area (Å²) in [4.78, 5) is 11.1. The van der Waals surface area contributed by atoms with E-state index >= 15 is 0 Å². The van der Waals surface area contributed by atoms with Gasteiger partial charge in [-0.2, -0.15) is 22.0 Å². The Morgan fingerprint density at radius 1 is 1.27 bits per heavy atom. The molecule has 0 aliphatic heterocycles. The number of nitrogens with two attached hydrogens (primary N) is 1. The Bertz CT molecular complexity index is 535. The molecule has 0 unspecified atom stereocenters. The normalized spacial score (nSPS) is 13.3. The predicted molar refractivity (Wildman–Crippen MR) is 67.2 cm³/mol. The van der Waals surface area contributed by atoms with Gasteiger partial charge in [0.2, 0.25) is 0 Å². The van der Waals surface area contributed by atoms with Crippen molar-refractivity contribution in [1.29, 1.82) is 0 Å². The van der Waals surface area contributed by atoms with Crippen LogP contribution in [-0.4, -0.2) is 18.5 Å². The highest BCUT2D eigenvalue weighted by Gasteiger charge is 2.50. The Morgan fingerprint density at radius 2 is 1.82 bits per heavy atom. The molecule has 0 saturated carbocycles. The fourth-order valence-electron chi connectivity index (χ4n) is 1.59. The number of esters is 1. The highest BCUT2D eigenvalue weighted by atomic mass is 35.5. The Labute approximate surface area is 127 Å². The summed E-state index contributed by atoms with van der Waals surface area (Å²) in [5.41, 5.74) is 2.32. The number of carbonyl (C=O) groups excluding carboxylic acids is 1.